The van der Waals surface area contributed by atoms with Gasteiger partial charge in [0, 0.05) is 5.56 Å². The number of nitrogens with one attached hydrogen (secondary N) is 2. The van der Waals surface area contributed by atoms with Gasteiger partial charge in [-0.15, -0.1) is 0 Å². The van der Waals surface area contributed by atoms with E-state index in [1.807, 2.05) is 54.6 Å². The summed E-state index contributed by atoms with van der Waals surface area (Å²) in [6, 6.07) is 23.8. The highest BCUT2D eigenvalue weighted by atomic mass is 16.7. The van der Waals surface area contributed by atoms with Crippen LogP contribution in [0.3, 0.4) is 0 Å². The maximum absolute atomic E-state index is 13.0. The fourth-order valence-electron chi connectivity index (χ4n) is 3.27. The Morgan fingerprint density at radius 3 is 2.36 bits per heavy atom. The van der Waals surface area contributed by atoms with E-state index in [1.54, 1.807) is 61.5 Å². The number of benzene rings is 3. The van der Waals surface area contributed by atoms with E-state index in [9.17, 15) is 9.59 Å². The molecule has 180 valence electrons. The summed E-state index contributed by atoms with van der Waals surface area (Å²) in [5, 5.41) is 6.81. The number of hydrogen-bond acceptors (Lipinski definition) is 5. The topological polar surface area (TPSA) is 89.0 Å². The van der Waals surface area contributed by atoms with Crippen molar-refractivity contribution in [2.24, 2.45) is 5.10 Å². The van der Waals surface area contributed by atoms with E-state index in [1.165, 1.54) is 0 Å². The van der Waals surface area contributed by atoms with Crippen molar-refractivity contribution >= 4 is 29.7 Å². The molecule has 0 aromatic heterocycles. The molecule has 1 aliphatic heterocycles. The molecule has 4 rings (SSSR count). The second-order valence-electron chi connectivity index (χ2n) is 7.81. The maximum atomic E-state index is 13.0. The smallest absolute Gasteiger partial charge is 0.287 e. The first-order chi connectivity index (χ1) is 17.6. The lowest BCUT2D eigenvalue weighted by Gasteiger charge is -2.10. The monoisotopic (exact) mass is 479 g/mol. The molecule has 0 saturated heterocycles. The first-order valence-electron chi connectivity index (χ1n) is 11.3. The molecule has 0 saturated carbocycles. The van der Waals surface area contributed by atoms with Gasteiger partial charge >= 0.3 is 0 Å². The molecule has 3 aromatic rings. The summed E-state index contributed by atoms with van der Waals surface area (Å²) >= 11 is 0. The molecule has 0 radical (unpaired) electrons. The molecule has 7 heteroatoms. The van der Waals surface area contributed by atoms with Crippen LogP contribution < -0.4 is 20.2 Å². The number of amides is 2. The quantitative estimate of drug-likeness (QED) is 0.207. The summed E-state index contributed by atoms with van der Waals surface area (Å²) in [5.74, 6) is 0.217. The molecule has 2 N–H and O–H groups in total. The van der Waals surface area contributed by atoms with Gasteiger partial charge in [-0.05, 0) is 54.5 Å². The predicted molar refractivity (Wildman–Crippen MR) is 140 cm³/mol. The summed E-state index contributed by atoms with van der Waals surface area (Å²) in [6.45, 7) is 1.90. The van der Waals surface area contributed by atoms with Gasteiger partial charge in [0.25, 0.3) is 11.8 Å². The molecule has 2 amide bonds. The number of allylic oxidation sites excluding steroid dienone is 3. The van der Waals surface area contributed by atoms with E-state index in [0.717, 1.165) is 5.56 Å². The number of carbonyl (C=O) groups excluding carboxylic acids is 2. The fourth-order valence-corrected chi connectivity index (χ4v) is 3.27. The summed E-state index contributed by atoms with van der Waals surface area (Å²) in [7, 11) is 0. The van der Waals surface area contributed by atoms with Crippen LogP contribution in [-0.2, 0) is 4.79 Å². The van der Waals surface area contributed by atoms with Crippen molar-refractivity contribution in [3.63, 3.8) is 0 Å². The van der Waals surface area contributed by atoms with Crippen LogP contribution in [0.2, 0.25) is 0 Å². The minimum Gasteiger partial charge on any atom is -0.454 e. The molecule has 0 aliphatic carbocycles. The molecular weight excluding hydrogens is 454 g/mol. The Hall–Kier alpha value is -4.91. The van der Waals surface area contributed by atoms with E-state index < -0.39 is 11.8 Å². The third-order valence-corrected chi connectivity index (χ3v) is 5.11. The molecular formula is C29H25N3O4. The van der Waals surface area contributed by atoms with Crippen LogP contribution in [-0.4, -0.2) is 24.3 Å². The fraction of sp³-hybridized carbons (Fsp3) is 0.0690. The Kier molecular flexibility index (Phi) is 8.07. The first kappa shape index (κ1) is 24.2. The Morgan fingerprint density at radius 2 is 1.58 bits per heavy atom. The van der Waals surface area contributed by atoms with Crippen LogP contribution in [0.15, 0.2) is 108 Å². The molecule has 0 fully saturated rings. The SMILES string of the molecule is CC(/C=C/C=C/c1ccccc1)=NNC(=O)/C(=C\c1ccc2c(c1)OCO2)NC(=O)c1ccccc1. The maximum Gasteiger partial charge on any atom is 0.287 e. The lowest BCUT2D eigenvalue weighted by Crippen LogP contribution is -2.33. The van der Waals surface area contributed by atoms with Gasteiger partial charge in [0.05, 0.1) is 5.71 Å². The Bertz CT molecular complexity index is 1340. The van der Waals surface area contributed by atoms with Gasteiger partial charge in [-0.1, -0.05) is 72.8 Å². The van der Waals surface area contributed by atoms with Gasteiger partial charge in [-0.2, -0.15) is 5.10 Å². The number of hydrazone groups is 1. The van der Waals surface area contributed by atoms with E-state index in [-0.39, 0.29) is 12.5 Å². The predicted octanol–water partition coefficient (Wildman–Crippen LogP) is 4.95. The highest BCUT2D eigenvalue weighted by molar-refractivity contribution is 6.05. The van der Waals surface area contributed by atoms with Crippen LogP contribution in [0.4, 0.5) is 0 Å². The van der Waals surface area contributed by atoms with Crippen molar-refractivity contribution in [2.45, 2.75) is 6.92 Å². The van der Waals surface area contributed by atoms with Gasteiger partial charge < -0.3 is 14.8 Å². The average Bonchev–Trinajstić information content (AvgIpc) is 3.38. The second-order valence-corrected chi connectivity index (χ2v) is 7.81. The number of rotatable bonds is 8. The van der Waals surface area contributed by atoms with Gasteiger partial charge in [-0.3, -0.25) is 9.59 Å². The summed E-state index contributed by atoms with van der Waals surface area (Å²) in [4.78, 5) is 25.7. The van der Waals surface area contributed by atoms with Crippen LogP contribution in [0.5, 0.6) is 11.5 Å². The number of nitrogens with zero attached hydrogens (tertiary/aromatic N) is 1. The Morgan fingerprint density at radius 1 is 0.861 bits per heavy atom. The van der Waals surface area contributed by atoms with Crippen LogP contribution in [0, 0.1) is 0 Å². The minimum atomic E-state index is -0.565. The summed E-state index contributed by atoms with van der Waals surface area (Å²) < 4.78 is 10.7. The van der Waals surface area contributed by atoms with E-state index >= 15 is 0 Å². The molecule has 1 aliphatic rings. The van der Waals surface area contributed by atoms with E-state index in [2.05, 4.69) is 15.8 Å². The Labute approximate surface area is 209 Å². The number of ether oxygens (including phenoxy) is 2. The van der Waals surface area contributed by atoms with Crippen LogP contribution in [0.1, 0.15) is 28.4 Å². The molecule has 36 heavy (non-hydrogen) atoms. The van der Waals surface area contributed by atoms with Gasteiger partial charge in [0.1, 0.15) is 5.70 Å². The zero-order valence-corrected chi connectivity index (χ0v) is 19.7. The van der Waals surface area contributed by atoms with Crippen molar-refractivity contribution in [3.05, 3.63) is 119 Å². The van der Waals surface area contributed by atoms with Crippen molar-refractivity contribution in [3.8, 4) is 11.5 Å². The molecule has 0 atom stereocenters. The highest BCUT2D eigenvalue weighted by Gasteiger charge is 2.17. The lowest BCUT2D eigenvalue weighted by molar-refractivity contribution is -0.117. The van der Waals surface area contributed by atoms with Crippen molar-refractivity contribution < 1.29 is 19.1 Å². The minimum absolute atomic E-state index is 0.0345. The average molecular weight is 480 g/mol. The zero-order valence-electron chi connectivity index (χ0n) is 19.7. The molecule has 0 unspecified atom stereocenters. The Balaban J connectivity index is 1.48. The number of fused-ring (bicyclic) bond motifs is 1. The number of carbonyl (C=O) groups is 2. The van der Waals surface area contributed by atoms with Crippen LogP contribution >= 0.6 is 0 Å². The first-order valence-corrected chi connectivity index (χ1v) is 11.3. The summed E-state index contributed by atoms with van der Waals surface area (Å²) in [5.41, 5.74) is 5.28. The normalized spacial score (nSPS) is 13.2. The number of hydrogen-bond donors (Lipinski definition) is 2. The van der Waals surface area contributed by atoms with E-state index in [4.69, 9.17) is 9.47 Å². The van der Waals surface area contributed by atoms with Crippen LogP contribution in [0.25, 0.3) is 12.2 Å². The second kappa shape index (κ2) is 12.0. The van der Waals surface area contributed by atoms with Crippen molar-refractivity contribution in [1.82, 2.24) is 10.7 Å². The van der Waals surface area contributed by atoms with Crippen molar-refractivity contribution in [1.29, 1.82) is 0 Å². The summed E-state index contributed by atoms with van der Waals surface area (Å²) in [6.07, 6.45) is 9.01. The third kappa shape index (κ3) is 6.80. The third-order valence-electron chi connectivity index (χ3n) is 5.11. The van der Waals surface area contributed by atoms with Gasteiger partial charge in [0.2, 0.25) is 6.79 Å². The van der Waals surface area contributed by atoms with Crippen molar-refractivity contribution in [2.75, 3.05) is 6.79 Å². The zero-order chi connectivity index (χ0) is 25.2. The standard InChI is InChI=1S/C29H25N3O4/c1-21(10-8-9-13-22-11-4-2-5-12-22)31-32-29(34)25(30-28(33)24-14-6-3-7-15-24)18-23-16-17-26-27(19-23)36-20-35-26/h2-19H,20H2,1H3,(H,30,33)(H,32,34)/b10-8+,13-9+,25-18+,31-21?. The van der Waals surface area contributed by atoms with Gasteiger partial charge in [0.15, 0.2) is 11.5 Å². The lowest BCUT2D eigenvalue weighted by atomic mass is 10.1. The molecule has 7 nitrogen and oxygen atoms in total. The van der Waals surface area contributed by atoms with Gasteiger partial charge in [-0.25, -0.2) is 5.43 Å². The molecule has 1 heterocycles. The largest absolute Gasteiger partial charge is 0.454 e. The molecule has 3 aromatic carbocycles. The highest BCUT2D eigenvalue weighted by Crippen LogP contribution is 2.33. The van der Waals surface area contributed by atoms with E-state index in [0.29, 0.717) is 28.3 Å². The molecule has 0 spiro atoms. The molecule has 0 bridgehead atoms.